The van der Waals surface area contributed by atoms with Gasteiger partial charge in [-0.2, -0.15) is 0 Å². The Kier molecular flexibility index (Phi) is 4.66. The topological polar surface area (TPSA) is 66.4 Å². The Morgan fingerprint density at radius 1 is 1.24 bits per heavy atom. The van der Waals surface area contributed by atoms with Gasteiger partial charge < -0.3 is 10.4 Å². The molecule has 1 aromatic carbocycles. The van der Waals surface area contributed by atoms with E-state index in [0.717, 1.165) is 25.7 Å². The van der Waals surface area contributed by atoms with E-state index in [2.05, 4.69) is 19.2 Å². The third kappa shape index (κ3) is 3.63. The summed E-state index contributed by atoms with van der Waals surface area (Å²) in [6.45, 7) is 4.18. The first-order chi connectivity index (χ1) is 9.92. The number of carbonyl (C=O) groups excluding carboxylic acids is 1. The maximum Gasteiger partial charge on any atom is 0.330 e. The second kappa shape index (κ2) is 6.29. The molecule has 0 saturated heterocycles. The molecule has 21 heavy (non-hydrogen) atoms. The molecule has 2 unspecified atom stereocenters. The van der Waals surface area contributed by atoms with Gasteiger partial charge in [0, 0.05) is 5.92 Å². The van der Waals surface area contributed by atoms with E-state index in [-0.39, 0.29) is 17.2 Å². The van der Waals surface area contributed by atoms with Crippen LogP contribution in [-0.4, -0.2) is 17.0 Å². The molecular formula is C17H23NO3. The molecule has 0 radical (unpaired) electrons. The van der Waals surface area contributed by atoms with E-state index in [1.807, 2.05) is 6.07 Å². The monoisotopic (exact) mass is 289 g/mol. The summed E-state index contributed by atoms with van der Waals surface area (Å²) in [5, 5.41) is 12.1. The lowest BCUT2D eigenvalue weighted by Crippen LogP contribution is -2.44. The van der Waals surface area contributed by atoms with Crippen molar-refractivity contribution in [2.24, 2.45) is 11.3 Å². The molecule has 2 N–H and O–H groups in total. The van der Waals surface area contributed by atoms with E-state index in [1.165, 1.54) is 0 Å². The lowest BCUT2D eigenvalue weighted by Gasteiger charge is -2.38. The van der Waals surface area contributed by atoms with Crippen LogP contribution in [0.15, 0.2) is 30.3 Å². The van der Waals surface area contributed by atoms with Crippen LogP contribution in [0.2, 0.25) is 0 Å². The van der Waals surface area contributed by atoms with Crippen LogP contribution < -0.4 is 5.32 Å². The van der Waals surface area contributed by atoms with Gasteiger partial charge in [-0.25, -0.2) is 4.79 Å². The van der Waals surface area contributed by atoms with Gasteiger partial charge >= 0.3 is 5.97 Å². The summed E-state index contributed by atoms with van der Waals surface area (Å²) in [5.41, 5.74) is 0.536. The minimum absolute atomic E-state index is 0.0674. The zero-order valence-electron chi connectivity index (χ0n) is 12.6. The molecule has 1 fully saturated rings. The van der Waals surface area contributed by atoms with Gasteiger partial charge in [0.15, 0.2) is 6.04 Å². The van der Waals surface area contributed by atoms with Gasteiger partial charge in [0.2, 0.25) is 5.91 Å². The van der Waals surface area contributed by atoms with Gasteiger partial charge in [-0.1, -0.05) is 57.0 Å². The lowest BCUT2D eigenvalue weighted by molar-refractivity contribution is -0.144. The van der Waals surface area contributed by atoms with Crippen LogP contribution in [0, 0.1) is 11.3 Å². The molecule has 1 amide bonds. The highest BCUT2D eigenvalue weighted by Crippen LogP contribution is 2.40. The Bertz CT molecular complexity index is 510. The molecule has 1 aliphatic rings. The summed E-state index contributed by atoms with van der Waals surface area (Å²) in [6.07, 6.45) is 4.01. The van der Waals surface area contributed by atoms with Gasteiger partial charge in [0.1, 0.15) is 0 Å². The molecule has 0 heterocycles. The van der Waals surface area contributed by atoms with E-state index in [9.17, 15) is 14.7 Å². The van der Waals surface area contributed by atoms with Crippen molar-refractivity contribution in [2.45, 2.75) is 45.6 Å². The summed E-state index contributed by atoms with van der Waals surface area (Å²) < 4.78 is 0. The van der Waals surface area contributed by atoms with Crippen LogP contribution in [0.4, 0.5) is 0 Å². The number of carboxylic acid groups (broad SMARTS) is 1. The van der Waals surface area contributed by atoms with Gasteiger partial charge in [0.25, 0.3) is 0 Å². The van der Waals surface area contributed by atoms with Gasteiger partial charge in [-0.15, -0.1) is 0 Å². The summed E-state index contributed by atoms with van der Waals surface area (Å²) in [7, 11) is 0. The first-order valence-electron chi connectivity index (χ1n) is 7.50. The van der Waals surface area contributed by atoms with Crippen molar-refractivity contribution < 1.29 is 14.7 Å². The summed E-state index contributed by atoms with van der Waals surface area (Å²) in [5.74, 6) is -1.28. The van der Waals surface area contributed by atoms with Gasteiger partial charge in [-0.3, -0.25) is 4.79 Å². The molecule has 1 aliphatic carbocycles. The predicted octanol–water partition coefficient (Wildman–Crippen LogP) is 3.14. The number of carboxylic acids is 1. The van der Waals surface area contributed by atoms with Crippen molar-refractivity contribution in [3.8, 4) is 0 Å². The molecule has 4 heteroatoms. The van der Waals surface area contributed by atoms with Crippen molar-refractivity contribution in [2.75, 3.05) is 0 Å². The number of aliphatic carboxylic acids is 1. The second-order valence-corrected chi connectivity index (χ2v) is 6.48. The van der Waals surface area contributed by atoms with Crippen LogP contribution in [0.1, 0.15) is 51.1 Å². The minimum Gasteiger partial charge on any atom is -0.479 e. The maximum absolute atomic E-state index is 12.5. The molecule has 0 aliphatic heterocycles. The molecule has 0 bridgehead atoms. The SMILES string of the molecule is CC1(C)CCCCC1C(=O)NC(C(=O)O)c1ccccc1. The number of carbonyl (C=O) groups is 2. The highest BCUT2D eigenvalue weighted by atomic mass is 16.4. The number of hydrogen-bond acceptors (Lipinski definition) is 2. The Balaban J connectivity index is 2.14. The first-order valence-corrected chi connectivity index (χ1v) is 7.50. The normalized spacial score (nSPS) is 22.3. The maximum atomic E-state index is 12.5. The van der Waals surface area contributed by atoms with Crippen LogP contribution in [0.25, 0.3) is 0 Å². The largest absolute Gasteiger partial charge is 0.479 e. The predicted molar refractivity (Wildman–Crippen MR) is 80.7 cm³/mol. The lowest BCUT2D eigenvalue weighted by atomic mass is 9.68. The molecule has 0 spiro atoms. The Hall–Kier alpha value is -1.84. The first kappa shape index (κ1) is 15.5. The molecule has 1 aromatic rings. The number of benzene rings is 1. The fourth-order valence-electron chi connectivity index (χ4n) is 3.16. The molecule has 4 nitrogen and oxygen atoms in total. The van der Waals surface area contributed by atoms with Crippen molar-refractivity contribution >= 4 is 11.9 Å². The summed E-state index contributed by atoms with van der Waals surface area (Å²) >= 11 is 0. The van der Waals surface area contributed by atoms with E-state index >= 15 is 0 Å². The number of hydrogen-bond donors (Lipinski definition) is 2. The van der Waals surface area contributed by atoms with Gasteiger partial charge in [-0.05, 0) is 23.8 Å². The quantitative estimate of drug-likeness (QED) is 0.894. The molecular weight excluding hydrogens is 266 g/mol. The minimum atomic E-state index is -1.02. The van der Waals surface area contributed by atoms with Gasteiger partial charge in [0.05, 0.1) is 0 Å². The third-order valence-electron chi connectivity index (χ3n) is 4.49. The van der Waals surface area contributed by atoms with Crippen LogP contribution in [-0.2, 0) is 9.59 Å². The number of nitrogens with one attached hydrogen (secondary N) is 1. The molecule has 0 aromatic heterocycles. The zero-order valence-corrected chi connectivity index (χ0v) is 12.6. The highest BCUT2D eigenvalue weighted by molar-refractivity contribution is 5.86. The standard InChI is InChI=1S/C17H23NO3/c1-17(2)11-7-6-10-13(17)15(19)18-14(16(20)21)12-8-4-3-5-9-12/h3-5,8-9,13-14H,6-7,10-11H2,1-2H3,(H,18,19)(H,20,21). The average Bonchev–Trinajstić information content (AvgIpc) is 2.44. The van der Waals surface area contributed by atoms with E-state index in [4.69, 9.17) is 0 Å². The zero-order chi connectivity index (χ0) is 15.5. The molecule has 1 saturated carbocycles. The Morgan fingerprint density at radius 2 is 1.90 bits per heavy atom. The number of rotatable bonds is 4. The summed E-state index contributed by atoms with van der Waals surface area (Å²) in [6, 6.07) is 7.87. The van der Waals surface area contributed by atoms with E-state index < -0.39 is 12.0 Å². The van der Waals surface area contributed by atoms with Crippen molar-refractivity contribution in [3.05, 3.63) is 35.9 Å². The van der Waals surface area contributed by atoms with Crippen molar-refractivity contribution in [1.29, 1.82) is 0 Å². The van der Waals surface area contributed by atoms with Crippen LogP contribution >= 0.6 is 0 Å². The van der Waals surface area contributed by atoms with E-state index in [0.29, 0.717) is 5.56 Å². The smallest absolute Gasteiger partial charge is 0.330 e. The highest BCUT2D eigenvalue weighted by Gasteiger charge is 2.38. The summed E-state index contributed by atoms with van der Waals surface area (Å²) in [4.78, 5) is 24.0. The van der Waals surface area contributed by atoms with Crippen LogP contribution in [0.5, 0.6) is 0 Å². The second-order valence-electron chi connectivity index (χ2n) is 6.48. The fraction of sp³-hybridized carbons (Fsp3) is 0.529. The van der Waals surface area contributed by atoms with Crippen molar-refractivity contribution in [3.63, 3.8) is 0 Å². The molecule has 114 valence electrons. The number of amides is 1. The third-order valence-corrected chi connectivity index (χ3v) is 4.49. The Morgan fingerprint density at radius 3 is 2.48 bits per heavy atom. The fourth-order valence-corrected chi connectivity index (χ4v) is 3.16. The van der Waals surface area contributed by atoms with E-state index in [1.54, 1.807) is 24.3 Å². The molecule has 2 atom stereocenters. The van der Waals surface area contributed by atoms with Crippen molar-refractivity contribution in [1.82, 2.24) is 5.32 Å². The average molecular weight is 289 g/mol. The Labute approximate surface area is 125 Å². The van der Waals surface area contributed by atoms with Crippen LogP contribution in [0.3, 0.4) is 0 Å². The molecule has 2 rings (SSSR count).